The lowest BCUT2D eigenvalue weighted by atomic mass is 10.1. The molecular weight excluding hydrogens is 270 g/mol. The van der Waals surface area contributed by atoms with E-state index in [9.17, 15) is 8.42 Å². The maximum atomic E-state index is 12.5. The largest absolute Gasteiger partial charge is 0.251 e. The summed E-state index contributed by atoms with van der Waals surface area (Å²) < 4.78 is 25.1. The third-order valence-corrected chi connectivity index (χ3v) is 5.73. The minimum Gasteiger partial charge on any atom is -0.251 e. The van der Waals surface area contributed by atoms with Crippen molar-refractivity contribution in [2.75, 3.05) is 0 Å². The average Bonchev–Trinajstić information content (AvgIpc) is 2.56. The lowest BCUT2D eigenvalue weighted by molar-refractivity contribution is 0.586. The molecule has 0 amide bonds. The predicted octanol–water partition coefficient (Wildman–Crippen LogP) is 3.37. The van der Waals surface area contributed by atoms with E-state index in [1.54, 1.807) is 25.1 Å². The van der Waals surface area contributed by atoms with E-state index < -0.39 is 15.1 Å². The zero-order valence-electron chi connectivity index (χ0n) is 11.2. The van der Waals surface area contributed by atoms with E-state index in [0.29, 0.717) is 17.0 Å². The normalized spacial score (nSPS) is 20.6. The van der Waals surface area contributed by atoms with Crippen molar-refractivity contribution in [2.24, 2.45) is 4.99 Å². The second-order valence-corrected chi connectivity index (χ2v) is 7.29. The van der Waals surface area contributed by atoms with Crippen molar-refractivity contribution < 1.29 is 8.42 Å². The van der Waals surface area contributed by atoms with Crippen molar-refractivity contribution in [3.63, 3.8) is 0 Å². The van der Waals surface area contributed by atoms with E-state index >= 15 is 0 Å². The van der Waals surface area contributed by atoms with Crippen molar-refractivity contribution in [3.05, 3.63) is 60.2 Å². The Bertz CT molecular complexity index is 764. The molecule has 0 aliphatic carbocycles. The van der Waals surface area contributed by atoms with Gasteiger partial charge in [0.15, 0.2) is 9.84 Å². The van der Waals surface area contributed by atoms with Crippen molar-refractivity contribution in [1.29, 1.82) is 0 Å². The Labute approximate surface area is 118 Å². The Kier molecular flexibility index (Phi) is 3.18. The number of aliphatic imine (C=N–C) groups is 1. The Morgan fingerprint density at radius 3 is 2.40 bits per heavy atom. The molecule has 0 unspecified atom stereocenters. The van der Waals surface area contributed by atoms with Gasteiger partial charge in [-0.2, -0.15) is 0 Å². The molecule has 0 bridgehead atoms. The van der Waals surface area contributed by atoms with Gasteiger partial charge in [-0.3, -0.25) is 4.99 Å². The van der Waals surface area contributed by atoms with Crippen LogP contribution in [0.15, 0.2) is 64.5 Å². The van der Waals surface area contributed by atoms with Crippen LogP contribution in [0.1, 0.15) is 18.9 Å². The summed E-state index contributed by atoms with van der Waals surface area (Å²) in [6, 6.07) is 16.7. The van der Waals surface area contributed by atoms with Gasteiger partial charge >= 0.3 is 0 Å². The number of rotatable bonds is 1. The van der Waals surface area contributed by atoms with Gasteiger partial charge in [-0.05, 0) is 24.6 Å². The highest BCUT2D eigenvalue weighted by molar-refractivity contribution is 7.92. The highest BCUT2D eigenvalue weighted by Gasteiger charge is 2.30. The number of benzene rings is 2. The van der Waals surface area contributed by atoms with Gasteiger partial charge in [0.05, 0.1) is 15.8 Å². The second-order valence-electron chi connectivity index (χ2n) is 4.95. The summed E-state index contributed by atoms with van der Waals surface area (Å²) in [5.41, 5.74) is 2.34. The van der Waals surface area contributed by atoms with E-state index in [1.807, 2.05) is 36.4 Å². The number of nitrogens with zero attached hydrogens (tertiary/aromatic N) is 1. The van der Waals surface area contributed by atoms with Gasteiger partial charge in [-0.25, -0.2) is 8.42 Å². The zero-order valence-corrected chi connectivity index (χ0v) is 12.0. The van der Waals surface area contributed by atoms with Gasteiger partial charge in [0.1, 0.15) is 0 Å². The van der Waals surface area contributed by atoms with E-state index in [-0.39, 0.29) is 0 Å². The third kappa shape index (κ3) is 2.16. The van der Waals surface area contributed by atoms with E-state index in [4.69, 9.17) is 0 Å². The van der Waals surface area contributed by atoms with Crippen LogP contribution in [0.4, 0.5) is 5.69 Å². The molecule has 3 rings (SSSR count). The molecule has 0 aromatic heterocycles. The Morgan fingerprint density at radius 2 is 1.65 bits per heavy atom. The van der Waals surface area contributed by atoms with Crippen LogP contribution in [-0.2, 0) is 9.84 Å². The fourth-order valence-corrected chi connectivity index (χ4v) is 3.88. The summed E-state index contributed by atoms with van der Waals surface area (Å²) in [7, 11) is -3.31. The first-order chi connectivity index (χ1) is 9.59. The fourth-order valence-electron chi connectivity index (χ4n) is 2.39. The molecule has 102 valence electrons. The van der Waals surface area contributed by atoms with Gasteiger partial charge in [0.2, 0.25) is 0 Å². The minimum atomic E-state index is -3.31. The van der Waals surface area contributed by atoms with Crippen LogP contribution in [0.5, 0.6) is 0 Å². The number of sulfone groups is 1. The summed E-state index contributed by atoms with van der Waals surface area (Å²) in [6.45, 7) is 1.75. The van der Waals surface area contributed by atoms with E-state index in [2.05, 4.69) is 4.99 Å². The molecular formula is C16H15NO2S. The average molecular weight is 285 g/mol. The molecule has 20 heavy (non-hydrogen) atoms. The second kappa shape index (κ2) is 4.87. The molecule has 0 spiro atoms. The molecule has 1 heterocycles. The van der Waals surface area contributed by atoms with Crippen LogP contribution in [-0.4, -0.2) is 19.4 Å². The van der Waals surface area contributed by atoms with Gasteiger partial charge in [-0.15, -0.1) is 0 Å². The lowest BCUT2D eigenvalue weighted by Gasteiger charge is -2.11. The van der Waals surface area contributed by atoms with Crippen LogP contribution in [0.2, 0.25) is 0 Å². The molecule has 1 aliphatic rings. The summed E-state index contributed by atoms with van der Waals surface area (Å²) in [5.74, 6) is 0. The van der Waals surface area contributed by atoms with E-state index in [1.165, 1.54) is 0 Å². The van der Waals surface area contributed by atoms with Crippen molar-refractivity contribution in [2.45, 2.75) is 23.5 Å². The molecule has 1 atom stereocenters. The van der Waals surface area contributed by atoms with E-state index in [0.717, 1.165) is 11.3 Å². The first-order valence-corrected chi connectivity index (χ1v) is 8.09. The standard InChI is InChI=1S/C16H15NO2S/c1-12-11-15(13-7-3-2-4-8-13)17-14-9-5-6-10-16(14)20(12,18)19/h2-10,12H,11H2,1H3/t12-/m0/s1. The zero-order chi connectivity index (χ0) is 14.2. The summed E-state index contributed by atoms with van der Waals surface area (Å²) in [5, 5.41) is -0.467. The quantitative estimate of drug-likeness (QED) is 0.806. The van der Waals surface area contributed by atoms with Crippen molar-refractivity contribution in [3.8, 4) is 0 Å². The lowest BCUT2D eigenvalue weighted by Crippen LogP contribution is -2.20. The maximum Gasteiger partial charge on any atom is 0.183 e. The van der Waals surface area contributed by atoms with Crippen LogP contribution in [0.25, 0.3) is 0 Å². The third-order valence-electron chi connectivity index (χ3n) is 3.54. The predicted molar refractivity (Wildman–Crippen MR) is 80.3 cm³/mol. The van der Waals surface area contributed by atoms with Crippen LogP contribution in [0, 0.1) is 0 Å². The van der Waals surface area contributed by atoms with Crippen molar-refractivity contribution in [1.82, 2.24) is 0 Å². The molecule has 0 saturated carbocycles. The first kappa shape index (κ1) is 13.1. The highest BCUT2D eigenvalue weighted by atomic mass is 32.2. The maximum absolute atomic E-state index is 12.5. The highest BCUT2D eigenvalue weighted by Crippen LogP contribution is 2.32. The molecule has 0 radical (unpaired) electrons. The SMILES string of the molecule is C[C@H]1CC(c2ccccc2)=Nc2ccccc2S1(=O)=O. The molecule has 0 saturated heterocycles. The van der Waals surface area contributed by atoms with Crippen LogP contribution >= 0.6 is 0 Å². The molecule has 4 heteroatoms. The summed E-state index contributed by atoms with van der Waals surface area (Å²) in [4.78, 5) is 4.92. The monoisotopic (exact) mass is 285 g/mol. The molecule has 2 aromatic rings. The van der Waals surface area contributed by atoms with Crippen LogP contribution in [0.3, 0.4) is 0 Å². The van der Waals surface area contributed by atoms with Gasteiger partial charge in [-0.1, -0.05) is 42.5 Å². The molecule has 3 nitrogen and oxygen atoms in total. The van der Waals surface area contributed by atoms with Crippen molar-refractivity contribution >= 4 is 21.2 Å². The first-order valence-electron chi connectivity index (χ1n) is 6.55. The summed E-state index contributed by atoms with van der Waals surface area (Å²) >= 11 is 0. The number of fused-ring (bicyclic) bond motifs is 1. The molecule has 0 fully saturated rings. The molecule has 1 aliphatic heterocycles. The number of hydrogen-bond acceptors (Lipinski definition) is 3. The Hall–Kier alpha value is -1.94. The summed E-state index contributed by atoms with van der Waals surface area (Å²) in [6.07, 6.45) is 0.432. The number of hydrogen-bond donors (Lipinski definition) is 0. The topological polar surface area (TPSA) is 46.5 Å². The van der Waals surface area contributed by atoms with Gasteiger partial charge in [0, 0.05) is 12.1 Å². The molecule has 0 N–H and O–H groups in total. The minimum absolute atomic E-state index is 0.332. The Balaban J connectivity index is 2.21. The van der Waals surface area contributed by atoms with Gasteiger partial charge < -0.3 is 0 Å². The fraction of sp³-hybridized carbons (Fsp3) is 0.188. The smallest absolute Gasteiger partial charge is 0.183 e. The van der Waals surface area contributed by atoms with Gasteiger partial charge in [0.25, 0.3) is 0 Å². The Morgan fingerprint density at radius 1 is 1.00 bits per heavy atom. The van der Waals surface area contributed by atoms with Crippen LogP contribution < -0.4 is 0 Å². The molecule has 2 aromatic carbocycles. The number of para-hydroxylation sites is 1.